The molecule has 0 heterocycles. The molecule has 0 radical (unpaired) electrons. The van der Waals surface area contributed by atoms with Crippen LogP contribution in [0.2, 0.25) is 4.82 Å². The number of nitrogens with one attached hydrogen (secondary N) is 1. The molecule has 0 aliphatic rings. The molecule has 2 aromatic carbocycles. The number of carbonyl (C=O) groups excluding carboxylic acids is 1. The number of methoxy groups -OCH3 is 1. The van der Waals surface area contributed by atoms with E-state index in [-0.39, 0.29) is 25.7 Å². The van der Waals surface area contributed by atoms with E-state index in [1.54, 1.807) is 0 Å². The van der Waals surface area contributed by atoms with Crippen molar-refractivity contribution in [3.8, 4) is 0 Å². The molecular formula is C17H19NO2Se. The minimum absolute atomic E-state index is 0.0675. The summed E-state index contributed by atoms with van der Waals surface area (Å²) in [6.45, 7) is 1.40. The molecule has 1 N–H and O–H groups in total. The van der Waals surface area contributed by atoms with Crippen molar-refractivity contribution >= 4 is 25.4 Å². The van der Waals surface area contributed by atoms with Crippen molar-refractivity contribution in [3.05, 3.63) is 66.2 Å². The Labute approximate surface area is 131 Å². The molecule has 3 nitrogen and oxygen atoms in total. The van der Waals surface area contributed by atoms with Gasteiger partial charge in [-0.3, -0.25) is 0 Å². The van der Waals surface area contributed by atoms with Gasteiger partial charge >= 0.3 is 131 Å². The second-order valence-electron chi connectivity index (χ2n) is 4.56. The first-order valence-electron chi connectivity index (χ1n) is 6.84. The summed E-state index contributed by atoms with van der Waals surface area (Å²) in [7, 11) is 1.45. The molecule has 0 aromatic heterocycles. The van der Waals surface area contributed by atoms with Crippen LogP contribution in [0.15, 0.2) is 60.7 Å². The molecule has 0 bridgehead atoms. The van der Waals surface area contributed by atoms with E-state index in [4.69, 9.17) is 4.74 Å². The SMILES string of the molecule is COC(=O)[C@H](CNCc1ccccc1)[Se]c1ccccc1. The van der Waals surface area contributed by atoms with Gasteiger partial charge in [-0.25, -0.2) is 0 Å². The van der Waals surface area contributed by atoms with Crippen molar-refractivity contribution in [3.63, 3.8) is 0 Å². The van der Waals surface area contributed by atoms with Gasteiger partial charge in [-0.1, -0.05) is 0 Å². The normalized spacial score (nSPS) is 11.9. The predicted molar refractivity (Wildman–Crippen MR) is 85.7 cm³/mol. The Balaban J connectivity index is 1.89. The third-order valence-electron chi connectivity index (χ3n) is 2.99. The quantitative estimate of drug-likeness (QED) is 0.612. The van der Waals surface area contributed by atoms with E-state index in [0.29, 0.717) is 6.54 Å². The first kappa shape index (κ1) is 15.8. The van der Waals surface area contributed by atoms with Crippen molar-refractivity contribution < 1.29 is 9.53 Å². The summed E-state index contributed by atoms with van der Waals surface area (Å²) in [4.78, 5) is 11.8. The van der Waals surface area contributed by atoms with E-state index in [0.717, 1.165) is 6.54 Å². The molecule has 0 spiro atoms. The van der Waals surface area contributed by atoms with Gasteiger partial charge in [0.25, 0.3) is 0 Å². The van der Waals surface area contributed by atoms with E-state index in [1.807, 2.05) is 36.4 Å². The number of hydrogen-bond acceptors (Lipinski definition) is 3. The summed E-state index contributed by atoms with van der Waals surface area (Å²) < 4.78 is 6.13. The van der Waals surface area contributed by atoms with Crippen LogP contribution in [0.25, 0.3) is 0 Å². The Morgan fingerprint density at radius 2 is 1.71 bits per heavy atom. The first-order chi connectivity index (χ1) is 10.3. The molecule has 2 rings (SSSR count). The molecule has 0 aliphatic carbocycles. The van der Waals surface area contributed by atoms with Crippen LogP contribution in [0.1, 0.15) is 5.56 Å². The molecule has 0 amide bonds. The minimum atomic E-state index is -0.139. The third-order valence-corrected chi connectivity index (χ3v) is 5.48. The average molecular weight is 348 g/mol. The zero-order valence-electron chi connectivity index (χ0n) is 12.0. The van der Waals surface area contributed by atoms with Gasteiger partial charge < -0.3 is 0 Å². The standard InChI is InChI=1S/C17H19NO2Se/c1-20-17(19)16(21-15-10-6-3-7-11-15)13-18-12-14-8-4-2-5-9-14/h2-11,16,18H,12-13H2,1H3/t16-/m0/s1. The number of ether oxygens (including phenoxy) is 1. The molecule has 21 heavy (non-hydrogen) atoms. The maximum atomic E-state index is 11.9. The molecule has 110 valence electrons. The first-order valence-corrected chi connectivity index (χ1v) is 8.68. The molecule has 0 fully saturated rings. The molecule has 4 heteroatoms. The number of benzene rings is 2. The number of esters is 1. The Bertz CT molecular complexity index is 545. The van der Waals surface area contributed by atoms with Crippen molar-refractivity contribution in [1.82, 2.24) is 5.32 Å². The monoisotopic (exact) mass is 349 g/mol. The summed E-state index contributed by atoms with van der Waals surface area (Å²) in [5.74, 6) is -0.139. The summed E-state index contributed by atoms with van der Waals surface area (Å²) >= 11 is 0.0675. The summed E-state index contributed by atoms with van der Waals surface area (Å²) in [5.41, 5.74) is 1.22. The summed E-state index contributed by atoms with van der Waals surface area (Å²) in [6.07, 6.45) is 0. The fourth-order valence-corrected chi connectivity index (χ4v) is 4.09. The fourth-order valence-electron chi connectivity index (χ4n) is 1.91. The number of rotatable bonds is 7. The molecule has 2 aromatic rings. The Hall–Kier alpha value is -1.61. The van der Waals surface area contributed by atoms with Gasteiger partial charge in [-0.2, -0.15) is 0 Å². The van der Waals surface area contributed by atoms with Gasteiger partial charge in [0.1, 0.15) is 0 Å². The summed E-state index contributed by atoms with van der Waals surface area (Å²) in [5, 5.41) is 3.35. The van der Waals surface area contributed by atoms with Crippen molar-refractivity contribution in [2.45, 2.75) is 11.4 Å². The van der Waals surface area contributed by atoms with Crippen LogP contribution in [0, 0.1) is 0 Å². The molecule has 0 aliphatic heterocycles. The molecule has 1 atom stereocenters. The van der Waals surface area contributed by atoms with Crippen LogP contribution in [-0.2, 0) is 16.1 Å². The zero-order chi connectivity index (χ0) is 14.9. The van der Waals surface area contributed by atoms with E-state index in [1.165, 1.54) is 17.1 Å². The Morgan fingerprint density at radius 3 is 2.33 bits per heavy atom. The molecule has 0 unspecified atom stereocenters. The summed E-state index contributed by atoms with van der Waals surface area (Å²) in [6, 6.07) is 20.3. The van der Waals surface area contributed by atoms with E-state index in [9.17, 15) is 4.79 Å². The van der Waals surface area contributed by atoms with Crippen LogP contribution < -0.4 is 9.78 Å². The van der Waals surface area contributed by atoms with Crippen LogP contribution in [0.5, 0.6) is 0 Å². The van der Waals surface area contributed by atoms with Crippen LogP contribution in [-0.4, -0.2) is 34.6 Å². The van der Waals surface area contributed by atoms with E-state index >= 15 is 0 Å². The molecular weight excluding hydrogens is 329 g/mol. The third kappa shape index (κ3) is 5.35. The van der Waals surface area contributed by atoms with Gasteiger partial charge in [0.15, 0.2) is 0 Å². The maximum absolute atomic E-state index is 11.9. The molecule has 0 saturated heterocycles. The van der Waals surface area contributed by atoms with Crippen molar-refractivity contribution in [2.75, 3.05) is 13.7 Å². The predicted octanol–water partition coefficient (Wildman–Crippen LogP) is 1.77. The second-order valence-corrected chi connectivity index (χ2v) is 7.24. The van der Waals surface area contributed by atoms with E-state index < -0.39 is 0 Å². The fraction of sp³-hybridized carbons (Fsp3) is 0.235. The topological polar surface area (TPSA) is 38.3 Å². The Morgan fingerprint density at radius 1 is 1.10 bits per heavy atom. The van der Waals surface area contributed by atoms with Gasteiger partial charge in [-0.05, 0) is 0 Å². The van der Waals surface area contributed by atoms with Gasteiger partial charge in [0.2, 0.25) is 0 Å². The van der Waals surface area contributed by atoms with Gasteiger partial charge in [0.05, 0.1) is 0 Å². The van der Waals surface area contributed by atoms with Crippen LogP contribution >= 0.6 is 0 Å². The second kappa shape index (κ2) is 8.63. The van der Waals surface area contributed by atoms with Crippen molar-refractivity contribution in [1.29, 1.82) is 0 Å². The van der Waals surface area contributed by atoms with Gasteiger partial charge in [0, 0.05) is 0 Å². The molecule has 0 saturated carbocycles. The van der Waals surface area contributed by atoms with Crippen molar-refractivity contribution in [2.24, 2.45) is 0 Å². The zero-order valence-corrected chi connectivity index (χ0v) is 13.7. The van der Waals surface area contributed by atoms with Crippen LogP contribution in [0.3, 0.4) is 0 Å². The number of hydrogen-bond donors (Lipinski definition) is 1. The van der Waals surface area contributed by atoms with Gasteiger partial charge in [-0.15, -0.1) is 0 Å². The van der Waals surface area contributed by atoms with Crippen LogP contribution in [0.4, 0.5) is 0 Å². The average Bonchev–Trinajstić information content (AvgIpc) is 2.55. The van der Waals surface area contributed by atoms with E-state index in [2.05, 4.69) is 29.6 Å². The number of carbonyl (C=O) groups is 1. The Kier molecular flexibility index (Phi) is 6.48.